The van der Waals surface area contributed by atoms with Crippen LogP contribution in [0, 0.1) is 0 Å². The standard InChI is InChI=1S/C11H12ClN3O4/c1-5-3-11(9(16)17,15-10(13)18)7-2-6(12)4-14-8(7)19-5/h2,4-5H,3H2,1H3,(H,16,17)(H3,13,15,18)/t5-,11+/m0/s1. The van der Waals surface area contributed by atoms with Crippen LogP contribution in [0.5, 0.6) is 5.88 Å². The smallest absolute Gasteiger partial charge is 0.334 e. The van der Waals surface area contributed by atoms with E-state index in [1.165, 1.54) is 12.3 Å². The van der Waals surface area contributed by atoms with Crippen molar-refractivity contribution in [3.8, 4) is 5.88 Å². The maximum Gasteiger partial charge on any atom is 0.334 e. The number of fused-ring (bicyclic) bond motifs is 1. The average molecular weight is 286 g/mol. The fourth-order valence-electron chi connectivity index (χ4n) is 2.18. The molecule has 1 aliphatic heterocycles. The first-order valence-electron chi connectivity index (χ1n) is 5.49. The number of rotatable bonds is 2. The molecular formula is C11H12ClN3O4. The number of carboxylic acids is 1. The van der Waals surface area contributed by atoms with Gasteiger partial charge < -0.3 is 20.9 Å². The summed E-state index contributed by atoms with van der Waals surface area (Å²) in [7, 11) is 0. The van der Waals surface area contributed by atoms with E-state index in [9.17, 15) is 14.7 Å². The van der Waals surface area contributed by atoms with Crippen LogP contribution in [0.4, 0.5) is 4.79 Å². The monoisotopic (exact) mass is 285 g/mol. The number of primary amides is 1. The molecule has 0 unspecified atom stereocenters. The highest BCUT2D eigenvalue weighted by atomic mass is 35.5. The van der Waals surface area contributed by atoms with Crippen LogP contribution in [0.15, 0.2) is 12.3 Å². The summed E-state index contributed by atoms with van der Waals surface area (Å²) in [6.07, 6.45) is 0.930. The molecule has 0 fully saturated rings. The molecule has 4 N–H and O–H groups in total. The highest BCUT2D eigenvalue weighted by Crippen LogP contribution is 2.39. The van der Waals surface area contributed by atoms with Gasteiger partial charge in [0.1, 0.15) is 6.10 Å². The summed E-state index contributed by atoms with van der Waals surface area (Å²) >= 11 is 5.83. The Bertz CT molecular complexity index is 551. The molecule has 8 heteroatoms. The Hall–Kier alpha value is -2.02. The van der Waals surface area contributed by atoms with E-state index >= 15 is 0 Å². The maximum absolute atomic E-state index is 11.6. The first-order chi connectivity index (χ1) is 8.85. The molecule has 19 heavy (non-hydrogen) atoms. The highest BCUT2D eigenvalue weighted by molar-refractivity contribution is 6.30. The predicted octanol–water partition coefficient (Wildman–Crippen LogP) is 0.854. The van der Waals surface area contributed by atoms with Crippen LogP contribution in [0.25, 0.3) is 0 Å². The van der Waals surface area contributed by atoms with Gasteiger partial charge in [0.25, 0.3) is 0 Å². The predicted molar refractivity (Wildman–Crippen MR) is 66.0 cm³/mol. The molecular weight excluding hydrogens is 274 g/mol. The Labute approximate surface area is 113 Å². The van der Waals surface area contributed by atoms with Crippen molar-refractivity contribution in [2.75, 3.05) is 0 Å². The molecule has 102 valence electrons. The third-order valence-electron chi connectivity index (χ3n) is 2.89. The number of carbonyl (C=O) groups excluding carboxylic acids is 1. The normalized spacial score (nSPS) is 25.1. The van der Waals surface area contributed by atoms with Crippen molar-refractivity contribution in [1.82, 2.24) is 10.3 Å². The number of carboxylic acid groups (broad SMARTS) is 1. The van der Waals surface area contributed by atoms with Crippen molar-refractivity contribution in [3.05, 3.63) is 22.8 Å². The molecule has 1 aromatic rings. The molecule has 2 atom stereocenters. The number of urea groups is 1. The Balaban J connectivity index is 2.63. The summed E-state index contributed by atoms with van der Waals surface area (Å²) in [6.45, 7) is 1.68. The molecule has 0 saturated heterocycles. The number of halogens is 1. The third kappa shape index (κ3) is 2.28. The fourth-order valence-corrected chi connectivity index (χ4v) is 2.34. The highest BCUT2D eigenvalue weighted by Gasteiger charge is 2.49. The zero-order valence-corrected chi connectivity index (χ0v) is 10.8. The molecule has 0 saturated carbocycles. The van der Waals surface area contributed by atoms with E-state index in [4.69, 9.17) is 22.1 Å². The van der Waals surface area contributed by atoms with E-state index in [0.717, 1.165) is 0 Å². The van der Waals surface area contributed by atoms with E-state index in [1.54, 1.807) is 6.92 Å². The fraction of sp³-hybridized carbons (Fsp3) is 0.364. The molecule has 0 bridgehead atoms. The van der Waals surface area contributed by atoms with Gasteiger partial charge in [-0.25, -0.2) is 14.6 Å². The molecule has 0 spiro atoms. The minimum Gasteiger partial charge on any atom is -0.479 e. The van der Waals surface area contributed by atoms with E-state index in [-0.39, 0.29) is 22.9 Å². The number of hydrogen-bond acceptors (Lipinski definition) is 4. The largest absolute Gasteiger partial charge is 0.479 e. The van der Waals surface area contributed by atoms with Gasteiger partial charge in [-0.15, -0.1) is 0 Å². The number of nitrogens with two attached hydrogens (primary N) is 1. The van der Waals surface area contributed by atoms with Crippen molar-refractivity contribution >= 4 is 23.6 Å². The Morgan fingerprint density at radius 3 is 2.95 bits per heavy atom. The summed E-state index contributed by atoms with van der Waals surface area (Å²) in [5.74, 6) is -1.12. The minimum absolute atomic E-state index is 0.0281. The van der Waals surface area contributed by atoms with Crippen LogP contribution in [0.1, 0.15) is 18.9 Å². The number of aliphatic carboxylic acids is 1. The lowest BCUT2D eigenvalue weighted by Gasteiger charge is -2.37. The molecule has 0 aliphatic carbocycles. The number of hydrogen-bond donors (Lipinski definition) is 3. The van der Waals surface area contributed by atoms with E-state index in [0.29, 0.717) is 0 Å². The topological polar surface area (TPSA) is 115 Å². The molecule has 2 heterocycles. The molecule has 2 amide bonds. The van der Waals surface area contributed by atoms with E-state index < -0.39 is 23.6 Å². The third-order valence-corrected chi connectivity index (χ3v) is 3.09. The molecule has 7 nitrogen and oxygen atoms in total. The number of pyridine rings is 1. The molecule has 0 aromatic carbocycles. The van der Waals surface area contributed by atoms with Crippen LogP contribution in [-0.4, -0.2) is 28.2 Å². The van der Waals surface area contributed by atoms with Crippen molar-refractivity contribution < 1.29 is 19.4 Å². The Morgan fingerprint density at radius 1 is 1.68 bits per heavy atom. The average Bonchev–Trinajstić information content (AvgIpc) is 2.28. The van der Waals surface area contributed by atoms with Crippen LogP contribution in [0.2, 0.25) is 5.02 Å². The number of aromatic nitrogens is 1. The number of ether oxygens (including phenoxy) is 1. The van der Waals surface area contributed by atoms with Crippen LogP contribution in [0.3, 0.4) is 0 Å². The van der Waals surface area contributed by atoms with Crippen molar-refractivity contribution in [1.29, 1.82) is 0 Å². The summed E-state index contributed by atoms with van der Waals surface area (Å²) < 4.78 is 5.45. The first kappa shape index (κ1) is 13.4. The van der Waals surface area contributed by atoms with Gasteiger partial charge in [0.2, 0.25) is 5.88 Å². The molecule has 1 aromatic heterocycles. The SMILES string of the molecule is C[C@H]1C[C@](NC(N)=O)(C(=O)O)c2cc(Cl)cnc2O1. The molecule has 2 rings (SSSR count). The van der Waals surface area contributed by atoms with Gasteiger partial charge in [-0.1, -0.05) is 11.6 Å². The Morgan fingerprint density at radius 2 is 2.37 bits per heavy atom. The summed E-state index contributed by atoms with van der Waals surface area (Å²) in [5, 5.41) is 12.0. The van der Waals surface area contributed by atoms with Crippen molar-refractivity contribution in [3.63, 3.8) is 0 Å². The van der Waals surface area contributed by atoms with Gasteiger partial charge in [0.15, 0.2) is 5.54 Å². The Kier molecular flexibility index (Phi) is 3.23. The molecule has 0 radical (unpaired) electrons. The van der Waals surface area contributed by atoms with Crippen molar-refractivity contribution in [2.24, 2.45) is 5.73 Å². The lowest BCUT2D eigenvalue weighted by atomic mass is 9.83. The first-order valence-corrected chi connectivity index (χ1v) is 5.86. The lowest BCUT2D eigenvalue weighted by Crippen LogP contribution is -2.57. The number of amides is 2. The maximum atomic E-state index is 11.6. The second kappa shape index (κ2) is 4.58. The van der Waals surface area contributed by atoms with Crippen LogP contribution >= 0.6 is 11.6 Å². The number of carbonyl (C=O) groups is 2. The summed E-state index contributed by atoms with van der Waals surface area (Å²) in [4.78, 5) is 26.7. The summed E-state index contributed by atoms with van der Waals surface area (Å²) in [5.41, 5.74) is 3.58. The van der Waals surface area contributed by atoms with Gasteiger partial charge in [0, 0.05) is 12.6 Å². The minimum atomic E-state index is -1.68. The summed E-state index contributed by atoms with van der Waals surface area (Å²) in [6, 6.07) is 0.460. The van der Waals surface area contributed by atoms with Gasteiger partial charge in [-0.2, -0.15) is 0 Å². The van der Waals surface area contributed by atoms with Gasteiger partial charge in [-0.05, 0) is 13.0 Å². The zero-order chi connectivity index (χ0) is 14.2. The number of nitrogens with zero attached hydrogens (tertiary/aromatic N) is 1. The van der Waals surface area contributed by atoms with Gasteiger partial charge in [0.05, 0.1) is 10.6 Å². The zero-order valence-electron chi connectivity index (χ0n) is 10.0. The van der Waals surface area contributed by atoms with E-state index in [1.807, 2.05) is 0 Å². The second-order valence-electron chi connectivity index (χ2n) is 4.34. The van der Waals surface area contributed by atoms with Crippen molar-refractivity contribution in [2.45, 2.75) is 25.0 Å². The van der Waals surface area contributed by atoms with Crippen LogP contribution < -0.4 is 15.8 Å². The van der Waals surface area contributed by atoms with Crippen LogP contribution in [-0.2, 0) is 10.3 Å². The second-order valence-corrected chi connectivity index (χ2v) is 4.78. The lowest BCUT2D eigenvalue weighted by molar-refractivity contribution is -0.147. The van der Waals surface area contributed by atoms with Gasteiger partial charge in [-0.3, -0.25) is 0 Å². The number of nitrogens with one attached hydrogen (secondary N) is 1. The van der Waals surface area contributed by atoms with Gasteiger partial charge >= 0.3 is 12.0 Å². The molecule has 1 aliphatic rings. The quantitative estimate of drug-likeness (QED) is 0.745. The van der Waals surface area contributed by atoms with E-state index in [2.05, 4.69) is 10.3 Å².